The Labute approximate surface area is 104 Å². The molecule has 98 valence electrons. The predicted molar refractivity (Wildman–Crippen MR) is 66.9 cm³/mol. The van der Waals surface area contributed by atoms with E-state index in [9.17, 15) is 4.79 Å². The normalized spacial score (nSPS) is 30.6. The van der Waals surface area contributed by atoms with E-state index in [2.05, 4.69) is 19.0 Å². The van der Waals surface area contributed by atoms with Gasteiger partial charge in [-0.2, -0.15) is 0 Å². The van der Waals surface area contributed by atoms with Gasteiger partial charge in [0.1, 0.15) is 6.10 Å². The number of nitrogens with zero attached hydrogens (tertiary/aromatic N) is 2. The van der Waals surface area contributed by atoms with Crippen molar-refractivity contribution in [2.45, 2.75) is 44.2 Å². The molecule has 0 N–H and O–H groups in total. The van der Waals surface area contributed by atoms with Crippen LogP contribution in [0.3, 0.4) is 0 Å². The lowest BCUT2D eigenvalue weighted by atomic mass is 10.1. The van der Waals surface area contributed by atoms with E-state index in [4.69, 9.17) is 4.74 Å². The third kappa shape index (κ3) is 3.19. The van der Waals surface area contributed by atoms with Crippen molar-refractivity contribution in [3.8, 4) is 0 Å². The molecule has 0 radical (unpaired) electrons. The average Bonchev–Trinajstić information content (AvgIpc) is 2.71. The molecule has 2 aliphatic heterocycles. The summed E-state index contributed by atoms with van der Waals surface area (Å²) in [4.78, 5) is 16.5. The van der Waals surface area contributed by atoms with E-state index in [-0.39, 0.29) is 12.0 Å². The lowest BCUT2D eigenvalue weighted by molar-refractivity contribution is -0.140. The molecule has 4 nitrogen and oxygen atoms in total. The number of hydrogen-bond donors (Lipinski definition) is 0. The Bertz CT molecular complexity index is 262. The van der Waals surface area contributed by atoms with Crippen LogP contribution in [-0.2, 0) is 9.53 Å². The van der Waals surface area contributed by atoms with Crippen LogP contribution in [0.2, 0.25) is 0 Å². The highest BCUT2D eigenvalue weighted by molar-refractivity contribution is 5.81. The van der Waals surface area contributed by atoms with Crippen molar-refractivity contribution < 1.29 is 9.53 Å². The summed E-state index contributed by atoms with van der Waals surface area (Å²) in [6.07, 6.45) is 5.19. The molecule has 2 fully saturated rings. The Morgan fingerprint density at radius 2 is 2.00 bits per heavy atom. The zero-order valence-corrected chi connectivity index (χ0v) is 11.0. The molecule has 1 amide bonds. The highest BCUT2D eigenvalue weighted by atomic mass is 16.5. The van der Waals surface area contributed by atoms with Gasteiger partial charge in [0, 0.05) is 25.7 Å². The smallest absolute Gasteiger partial charge is 0.251 e. The largest absolute Gasteiger partial charge is 0.368 e. The summed E-state index contributed by atoms with van der Waals surface area (Å²) in [7, 11) is 4.25. The molecule has 0 saturated carbocycles. The Balaban J connectivity index is 1.87. The molecule has 0 aromatic rings. The number of carbonyl (C=O) groups is 1. The van der Waals surface area contributed by atoms with Crippen LogP contribution in [0.1, 0.15) is 32.1 Å². The standard InChI is InChI=1S/C13H24N2O2/c1-14(2)11-5-3-8-15(9-7-11)13(16)12-6-4-10-17-12/h11-12H,3-10H2,1-2H3/t11-,12-/m1/s1. The maximum absolute atomic E-state index is 12.2. The zero-order valence-electron chi connectivity index (χ0n) is 11.0. The fourth-order valence-corrected chi connectivity index (χ4v) is 2.79. The first-order valence-electron chi connectivity index (χ1n) is 6.75. The minimum atomic E-state index is -0.147. The van der Waals surface area contributed by atoms with Gasteiger partial charge in [-0.1, -0.05) is 0 Å². The second-order valence-corrected chi connectivity index (χ2v) is 5.38. The quantitative estimate of drug-likeness (QED) is 0.725. The summed E-state index contributed by atoms with van der Waals surface area (Å²) >= 11 is 0. The molecular weight excluding hydrogens is 216 g/mol. The van der Waals surface area contributed by atoms with E-state index in [0.717, 1.165) is 45.4 Å². The van der Waals surface area contributed by atoms with E-state index in [1.807, 2.05) is 4.90 Å². The minimum Gasteiger partial charge on any atom is -0.368 e. The van der Waals surface area contributed by atoms with Gasteiger partial charge in [-0.3, -0.25) is 4.79 Å². The van der Waals surface area contributed by atoms with E-state index >= 15 is 0 Å². The van der Waals surface area contributed by atoms with Gasteiger partial charge in [-0.25, -0.2) is 0 Å². The fraction of sp³-hybridized carbons (Fsp3) is 0.923. The lowest BCUT2D eigenvalue weighted by Gasteiger charge is -2.25. The molecule has 2 rings (SSSR count). The zero-order chi connectivity index (χ0) is 12.3. The minimum absolute atomic E-state index is 0.147. The van der Waals surface area contributed by atoms with Crippen molar-refractivity contribution in [2.24, 2.45) is 0 Å². The van der Waals surface area contributed by atoms with Gasteiger partial charge in [0.15, 0.2) is 0 Å². The Hall–Kier alpha value is -0.610. The molecule has 0 aromatic heterocycles. The summed E-state index contributed by atoms with van der Waals surface area (Å²) in [6.45, 7) is 2.55. The first kappa shape index (κ1) is 12.8. The summed E-state index contributed by atoms with van der Waals surface area (Å²) < 4.78 is 5.48. The Morgan fingerprint density at radius 3 is 2.65 bits per heavy atom. The van der Waals surface area contributed by atoms with E-state index in [1.165, 1.54) is 6.42 Å². The maximum atomic E-state index is 12.2. The van der Waals surface area contributed by atoms with Crippen LogP contribution < -0.4 is 0 Å². The number of likely N-dealkylation sites (tertiary alicyclic amines) is 1. The van der Waals surface area contributed by atoms with Crippen molar-refractivity contribution >= 4 is 5.91 Å². The molecule has 4 heteroatoms. The third-order valence-electron chi connectivity index (χ3n) is 3.94. The molecule has 0 aliphatic carbocycles. The molecule has 0 bridgehead atoms. The first-order valence-corrected chi connectivity index (χ1v) is 6.75. The molecule has 0 unspecified atom stereocenters. The number of rotatable bonds is 2. The van der Waals surface area contributed by atoms with Gasteiger partial charge in [0.2, 0.25) is 0 Å². The Kier molecular flexibility index (Phi) is 4.40. The van der Waals surface area contributed by atoms with Crippen molar-refractivity contribution in [3.05, 3.63) is 0 Å². The average molecular weight is 240 g/mol. The third-order valence-corrected chi connectivity index (χ3v) is 3.94. The van der Waals surface area contributed by atoms with Gasteiger partial charge in [0.25, 0.3) is 5.91 Å². The van der Waals surface area contributed by atoms with Crippen molar-refractivity contribution in [1.82, 2.24) is 9.80 Å². The highest BCUT2D eigenvalue weighted by Gasteiger charge is 2.29. The van der Waals surface area contributed by atoms with Gasteiger partial charge in [-0.05, 0) is 46.2 Å². The van der Waals surface area contributed by atoms with Crippen LogP contribution in [0.15, 0.2) is 0 Å². The molecule has 0 aromatic carbocycles. The number of hydrogen-bond acceptors (Lipinski definition) is 3. The fourth-order valence-electron chi connectivity index (χ4n) is 2.79. The van der Waals surface area contributed by atoms with Crippen LogP contribution >= 0.6 is 0 Å². The summed E-state index contributed by atoms with van der Waals surface area (Å²) in [5.74, 6) is 0.224. The van der Waals surface area contributed by atoms with E-state index in [0.29, 0.717) is 6.04 Å². The number of ether oxygens (including phenoxy) is 1. The molecule has 2 saturated heterocycles. The number of carbonyl (C=O) groups excluding carboxylic acids is 1. The van der Waals surface area contributed by atoms with Crippen LogP contribution in [0, 0.1) is 0 Å². The van der Waals surface area contributed by atoms with Crippen LogP contribution in [0.5, 0.6) is 0 Å². The van der Waals surface area contributed by atoms with Gasteiger partial charge >= 0.3 is 0 Å². The molecule has 2 aliphatic rings. The number of amides is 1. The molecule has 17 heavy (non-hydrogen) atoms. The van der Waals surface area contributed by atoms with Crippen LogP contribution in [-0.4, -0.2) is 61.6 Å². The monoisotopic (exact) mass is 240 g/mol. The molecular formula is C13H24N2O2. The first-order chi connectivity index (χ1) is 8.18. The van der Waals surface area contributed by atoms with Crippen molar-refractivity contribution in [2.75, 3.05) is 33.8 Å². The second kappa shape index (κ2) is 5.83. The van der Waals surface area contributed by atoms with Crippen molar-refractivity contribution in [3.63, 3.8) is 0 Å². The van der Waals surface area contributed by atoms with E-state index < -0.39 is 0 Å². The molecule has 2 atom stereocenters. The topological polar surface area (TPSA) is 32.8 Å². The highest BCUT2D eigenvalue weighted by Crippen LogP contribution is 2.19. The lowest BCUT2D eigenvalue weighted by Crippen LogP contribution is -2.40. The second-order valence-electron chi connectivity index (χ2n) is 5.38. The van der Waals surface area contributed by atoms with Crippen LogP contribution in [0.4, 0.5) is 0 Å². The summed E-state index contributed by atoms with van der Waals surface area (Å²) in [5.41, 5.74) is 0. The van der Waals surface area contributed by atoms with Gasteiger partial charge < -0.3 is 14.5 Å². The SMILES string of the molecule is CN(C)[C@@H]1CCCN(C(=O)[C@H]2CCCO2)CC1. The predicted octanol–water partition coefficient (Wildman–Crippen LogP) is 1.11. The van der Waals surface area contributed by atoms with Gasteiger partial charge in [0.05, 0.1) is 0 Å². The van der Waals surface area contributed by atoms with Crippen LogP contribution in [0.25, 0.3) is 0 Å². The molecule has 0 spiro atoms. The van der Waals surface area contributed by atoms with E-state index in [1.54, 1.807) is 0 Å². The molecule has 2 heterocycles. The Morgan fingerprint density at radius 1 is 1.18 bits per heavy atom. The maximum Gasteiger partial charge on any atom is 0.251 e. The summed E-state index contributed by atoms with van der Waals surface area (Å²) in [5, 5.41) is 0. The van der Waals surface area contributed by atoms with Gasteiger partial charge in [-0.15, -0.1) is 0 Å². The summed E-state index contributed by atoms with van der Waals surface area (Å²) in [6, 6.07) is 0.622. The van der Waals surface area contributed by atoms with Crippen molar-refractivity contribution in [1.29, 1.82) is 0 Å².